The summed E-state index contributed by atoms with van der Waals surface area (Å²) < 4.78 is 0.842. The molecular weight excluding hydrogens is 379 g/mol. The molecule has 1 atom stereocenters. The van der Waals surface area contributed by atoms with E-state index in [1.165, 1.54) is 0 Å². The molecule has 2 aromatic rings. The number of aromatic amines is 1. The Bertz CT molecular complexity index is 763. The Morgan fingerprint density at radius 1 is 1.48 bits per heavy atom. The molecule has 2 N–H and O–H groups in total. The Morgan fingerprint density at radius 3 is 2.78 bits per heavy atom. The van der Waals surface area contributed by atoms with E-state index in [4.69, 9.17) is 23.2 Å². The van der Waals surface area contributed by atoms with Crippen molar-refractivity contribution in [3.63, 3.8) is 0 Å². The van der Waals surface area contributed by atoms with Crippen LogP contribution in [0.15, 0.2) is 16.0 Å². The molecule has 10 heteroatoms. The van der Waals surface area contributed by atoms with Crippen LogP contribution in [0.4, 0.5) is 0 Å². The molecule has 0 aliphatic carbocycles. The minimum absolute atomic E-state index is 0.103. The van der Waals surface area contributed by atoms with E-state index < -0.39 is 5.56 Å². The first kappa shape index (κ1) is 18.3. The highest BCUT2D eigenvalue weighted by molar-refractivity contribution is 7.99. The second-order valence-electron chi connectivity index (χ2n) is 4.71. The first-order valence-corrected chi connectivity index (χ1v) is 9.30. The Labute approximate surface area is 151 Å². The van der Waals surface area contributed by atoms with Crippen molar-refractivity contribution in [2.24, 2.45) is 0 Å². The molecule has 0 aliphatic heterocycles. The summed E-state index contributed by atoms with van der Waals surface area (Å²) in [5, 5.41) is 10.9. The highest BCUT2D eigenvalue weighted by Crippen LogP contribution is 2.35. The van der Waals surface area contributed by atoms with Gasteiger partial charge in [0, 0.05) is 11.6 Å². The second kappa shape index (κ2) is 8.14. The summed E-state index contributed by atoms with van der Waals surface area (Å²) in [7, 11) is 0. The first-order valence-electron chi connectivity index (χ1n) is 6.75. The molecule has 23 heavy (non-hydrogen) atoms. The average Bonchev–Trinajstić information content (AvgIpc) is 2.83. The van der Waals surface area contributed by atoms with E-state index in [1.54, 1.807) is 6.07 Å². The largest absolute Gasteiger partial charge is 0.353 e. The predicted molar refractivity (Wildman–Crippen MR) is 94.6 cm³/mol. The fourth-order valence-corrected chi connectivity index (χ4v) is 3.70. The zero-order valence-electron chi connectivity index (χ0n) is 12.4. The van der Waals surface area contributed by atoms with Gasteiger partial charge < -0.3 is 5.32 Å². The summed E-state index contributed by atoms with van der Waals surface area (Å²) in [6.07, 6.45) is 0.853. The van der Waals surface area contributed by atoms with Gasteiger partial charge >= 0.3 is 0 Å². The van der Waals surface area contributed by atoms with Crippen molar-refractivity contribution in [3.8, 4) is 11.3 Å². The molecule has 2 aromatic heterocycles. The van der Waals surface area contributed by atoms with Crippen LogP contribution in [0.25, 0.3) is 11.3 Å². The van der Waals surface area contributed by atoms with Gasteiger partial charge in [0.15, 0.2) is 10.9 Å². The fourth-order valence-electron chi connectivity index (χ4n) is 1.62. The summed E-state index contributed by atoms with van der Waals surface area (Å²) >= 11 is 14.1. The molecule has 0 spiro atoms. The topological polar surface area (TPSA) is 87.7 Å². The molecule has 0 saturated heterocycles. The van der Waals surface area contributed by atoms with Gasteiger partial charge in [0.1, 0.15) is 4.34 Å². The van der Waals surface area contributed by atoms with E-state index in [9.17, 15) is 9.59 Å². The zero-order valence-corrected chi connectivity index (χ0v) is 15.5. The van der Waals surface area contributed by atoms with Crippen LogP contribution in [-0.2, 0) is 4.79 Å². The molecule has 6 nitrogen and oxygen atoms in total. The van der Waals surface area contributed by atoms with Gasteiger partial charge in [0.2, 0.25) is 5.91 Å². The Balaban J connectivity index is 2.07. The quantitative estimate of drug-likeness (QED) is 0.736. The second-order valence-corrected chi connectivity index (χ2v) is 7.96. The van der Waals surface area contributed by atoms with Crippen LogP contribution in [-0.4, -0.2) is 32.9 Å². The average molecular weight is 393 g/mol. The third kappa shape index (κ3) is 4.94. The number of aromatic nitrogens is 3. The van der Waals surface area contributed by atoms with E-state index in [2.05, 4.69) is 20.5 Å². The standard InChI is InChI=1S/C13H14Cl2N4O2S2/c1-3-6(2)16-9(20)5-22-13-17-12(21)10(18-19-13)7-4-8(14)23-11(7)15/h4,6H,3,5H2,1-2H3,(H,16,20)(H,17,19,21)/t6-/m1/s1. The van der Waals surface area contributed by atoms with Crippen LogP contribution in [0.3, 0.4) is 0 Å². The summed E-state index contributed by atoms with van der Waals surface area (Å²) in [6, 6.07) is 1.68. The highest BCUT2D eigenvalue weighted by Gasteiger charge is 2.15. The normalized spacial score (nSPS) is 12.2. The van der Waals surface area contributed by atoms with Crippen molar-refractivity contribution >= 4 is 52.2 Å². The van der Waals surface area contributed by atoms with Crippen molar-refractivity contribution in [3.05, 3.63) is 25.1 Å². The maximum Gasteiger partial charge on any atom is 0.278 e. The van der Waals surface area contributed by atoms with E-state index >= 15 is 0 Å². The number of rotatable bonds is 6. The minimum Gasteiger partial charge on any atom is -0.353 e. The molecule has 2 rings (SSSR count). The smallest absolute Gasteiger partial charge is 0.278 e. The lowest BCUT2D eigenvalue weighted by Crippen LogP contribution is -2.33. The molecule has 0 radical (unpaired) electrons. The number of amides is 1. The summed E-state index contributed by atoms with van der Waals surface area (Å²) in [6.45, 7) is 3.91. The Morgan fingerprint density at radius 2 is 2.22 bits per heavy atom. The zero-order chi connectivity index (χ0) is 17.0. The maximum atomic E-state index is 12.1. The lowest BCUT2D eigenvalue weighted by Gasteiger charge is -2.10. The van der Waals surface area contributed by atoms with Gasteiger partial charge in [-0.25, -0.2) is 0 Å². The minimum atomic E-state index is -0.429. The lowest BCUT2D eigenvalue weighted by atomic mass is 10.2. The van der Waals surface area contributed by atoms with Crippen LogP contribution in [0.2, 0.25) is 8.67 Å². The molecule has 2 heterocycles. The number of H-pyrrole nitrogens is 1. The van der Waals surface area contributed by atoms with Crippen molar-refractivity contribution < 1.29 is 4.79 Å². The van der Waals surface area contributed by atoms with Gasteiger partial charge in [-0.1, -0.05) is 41.9 Å². The first-order chi connectivity index (χ1) is 10.9. The SMILES string of the molecule is CC[C@@H](C)NC(=O)CSc1nnc(-c2cc(Cl)sc2Cl)c(=O)[nH]1. The molecular formula is C13H14Cl2N4O2S2. The molecule has 0 unspecified atom stereocenters. The van der Waals surface area contributed by atoms with Crippen LogP contribution in [0.1, 0.15) is 20.3 Å². The van der Waals surface area contributed by atoms with Crippen LogP contribution in [0, 0.1) is 0 Å². The van der Waals surface area contributed by atoms with Crippen molar-refractivity contribution in [1.29, 1.82) is 0 Å². The van der Waals surface area contributed by atoms with Crippen molar-refractivity contribution in [2.75, 3.05) is 5.75 Å². The van der Waals surface area contributed by atoms with E-state index in [0.29, 0.717) is 14.2 Å². The van der Waals surface area contributed by atoms with E-state index in [1.807, 2.05) is 13.8 Å². The van der Waals surface area contributed by atoms with Crippen molar-refractivity contribution in [2.45, 2.75) is 31.5 Å². The monoisotopic (exact) mass is 392 g/mol. The van der Waals surface area contributed by atoms with Gasteiger partial charge in [-0.15, -0.1) is 21.5 Å². The number of halogens is 2. The molecule has 0 bridgehead atoms. The Hall–Kier alpha value is -1.09. The number of carbonyl (C=O) groups excluding carboxylic acids is 1. The van der Waals surface area contributed by atoms with Crippen LogP contribution in [0.5, 0.6) is 0 Å². The molecule has 0 aliphatic rings. The predicted octanol–water partition coefficient (Wildman–Crippen LogP) is 3.21. The molecule has 0 aromatic carbocycles. The van der Waals surface area contributed by atoms with E-state index in [-0.39, 0.29) is 28.6 Å². The molecule has 0 saturated carbocycles. The number of nitrogens with zero attached hydrogens (tertiary/aromatic N) is 2. The number of thiophene rings is 1. The molecule has 0 fully saturated rings. The number of carbonyl (C=O) groups is 1. The summed E-state index contributed by atoms with van der Waals surface area (Å²) in [5.41, 5.74) is 0.120. The van der Waals surface area contributed by atoms with E-state index in [0.717, 1.165) is 29.5 Å². The van der Waals surface area contributed by atoms with Crippen LogP contribution >= 0.6 is 46.3 Å². The summed E-state index contributed by atoms with van der Waals surface area (Å²) in [4.78, 5) is 26.4. The Kier molecular flexibility index (Phi) is 6.46. The maximum absolute atomic E-state index is 12.1. The van der Waals surface area contributed by atoms with Crippen molar-refractivity contribution in [1.82, 2.24) is 20.5 Å². The fraction of sp³-hybridized carbons (Fsp3) is 0.385. The number of hydrogen-bond acceptors (Lipinski definition) is 6. The summed E-state index contributed by atoms with van der Waals surface area (Å²) in [5.74, 6) is 0.0306. The third-order valence-electron chi connectivity index (χ3n) is 2.95. The highest BCUT2D eigenvalue weighted by atomic mass is 35.5. The van der Waals surface area contributed by atoms with Gasteiger partial charge in [0.05, 0.1) is 10.1 Å². The number of nitrogens with one attached hydrogen (secondary N) is 2. The number of thioether (sulfide) groups is 1. The van der Waals surface area contributed by atoms with Crippen LogP contribution < -0.4 is 10.9 Å². The lowest BCUT2D eigenvalue weighted by molar-refractivity contribution is -0.119. The molecule has 1 amide bonds. The number of hydrogen-bond donors (Lipinski definition) is 2. The van der Waals surface area contributed by atoms with Gasteiger partial charge in [-0.3, -0.25) is 14.6 Å². The molecule has 124 valence electrons. The van der Waals surface area contributed by atoms with Gasteiger partial charge in [0.25, 0.3) is 5.56 Å². The third-order valence-corrected chi connectivity index (χ3v) is 5.30. The van der Waals surface area contributed by atoms with Gasteiger partial charge in [-0.2, -0.15) is 0 Å². The van der Waals surface area contributed by atoms with Gasteiger partial charge in [-0.05, 0) is 19.4 Å².